The maximum absolute atomic E-state index is 12.5. The number of benzene rings is 3. The molecule has 0 aliphatic rings. The molecule has 160 valence electrons. The highest BCUT2D eigenvalue weighted by Crippen LogP contribution is 2.22. The maximum Gasteiger partial charge on any atom is 0.251 e. The Morgan fingerprint density at radius 2 is 1.48 bits per heavy atom. The summed E-state index contributed by atoms with van der Waals surface area (Å²) in [6.07, 6.45) is 0. The summed E-state index contributed by atoms with van der Waals surface area (Å²) in [5.74, 6) is -0.250. The van der Waals surface area contributed by atoms with Crippen molar-refractivity contribution >= 4 is 23.2 Å². The van der Waals surface area contributed by atoms with Crippen molar-refractivity contribution in [3.05, 3.63) is 94.5 Å². The summed E-state index contributed by atoms with van der Waals surface area (Å²) in [5, 5.41) is 9.08. The van der Waals surface area contributed by atoms with Gasteiger partial charge in [0.25, 0.3) is 5.91 Å². The number of anilines is 2. The standard InChI is InChI=1S/C26H29N3O2/c1-17-14-18(2)25(19(3)15-17)29-24(30)16-27-23-12-10-22(11-13-23)26(31)28-20(4)21-8-6-5-7-9-21/h5-15,20,27H,16H2,1-4H3,(H,28,31)(H,29,30). The van der Waals surface area contributed by atoms with Crippen molar-refractivity contribution in [1.29, 1.82) is 0 Å². The van der Waals surface area contributed by atoms with E-state index in [0.717, 1.165) is 28.1 Å². The molecule has 0 saturated heterocycles. The Morgan fingerprint density at radius 3 is 2.10 bits per heavy atom. The van der Waals surface area contributed by atoms with E-state index < -0.39 is 0 Å². The van der Waals surface area contributed by atoms with E-state index in [2.05, 4.69) is 28.1 Å². The Bertz CT molecular complexity index is 1040. The molecular weight excluding hydrogens is 386 g/mol. The number of carbonyl (C=O) groups is 2. The van der Waals surface area contributed by atoms with Gasteiger partial charge < -0.3 is 16.0 Å². The molecule has 3 rings (SSSR count). The van der Waals surface area contributed by atoms with Crippen LogP contribution in [0.3, 0.4) is 0 Å². The average molecular weight is 416 g/mol. The van der Waals surface area contributed by atoms with Gasteiger partial charge in [-0.15, -0.1) is 0 Å². The molecule has 3 N–H and O–H groups in total. The van der Waals surface area contributed by atoms with Crippen molar-refractivity contribution in [2.24, 2.45) is 0 Å². The van der Waals surface area contributed by atoms with Gasteiger partial charge in [-0.3, -0.25) is 9.59 Å². The summed E-state index contributed by atoms with van der Waals surface area (Å²) in [5.41, 5.74) is 6.53. The quantitative estimate of drug-likeness (QED) is 0.500. The first kappa shape index (κ1) is 22.1. The number of aryl methyl sites for hydroxylation is 3. The van der Waals surface area contributed by atoms with Crippen LogP contribution in [-0.2, 0) is 4.79 Å². The monoisotopic (exact) mass is 415 g/mol. The highest BCUT2D eigenvalue weighted by atomic mass is 16.2. The highest BCUT2D eigenvalue weighted by molar-refractivity contribution is 5.96. The lowest BCUT2D eigenvalue weighted by Crippen LogP contribution is -2.26. The van der Waals surface area contributed by atoms with E-state index in [-0.39, 0.29) is 24.4 Å². The van der Waals surface area contributed by atoms with Crippen LogP contribution in [0.2, 0.25) is 0 Å². The molecule has 0 fully saturated rings. The van der Waals surface area contributed by atoms with Crippen molar-refractivity contribution in [2.45, 2.75) is 33.7 Å². The molecule has 0 aliphatic carbocycles. The normalized spacial score (nSPS) is 11.5. The lowest BCUT2D eigenvalue weighted by Gasteiger charge is -2.15. The molecule has 5 nitrogen and oxygen atoms in total. The Morgan fingerprint density at radius 1 is 0.871 bits per heavy atom. The van der Waals surface area contributed by atoms with E-state index in [9.17, 15) is 9.59 Å². The minimum atomic E-state index is -0.133. The van der Waals surface area contributed by atoms with Crippen molar-refractivity contribution in [3.63, 3.8) is 0 Å². The summed E-state index contributed by atoms with van der Waals surface area (Å²) >= 11 is 0. The minimum absolute atomic E-state index is 0.0797. The van der Waals surface area contributed by atoms with Crippen LogP contribution in [0.5, 0.6) is 0 Å². The number of hydrogen-bond acceptors (Lipinski definition) is 3. The lowest BCUT2D eigenvalue weighted by atomic mass is 10.1. The second-order valence-corrected chi connectivity index (χ2v) is 7.86. The molecule has 2 amide bonds. The van der Waals surface area contributed by atoms with E-state index in [4.69, 9.17) is 0 Å². The van der Waals surface area contributed by atoms with Crippen LogP contribution in [0.15, 0.2) is 66.7 Å². The third kappa shape index (κ3) is 5.95. The van der Waals surface area contributed by atoms with Gasteiger partial charge in [0.2, 0.25) is 5.91 Å². The van der Waals surface area contributed by atoms with Gasteiger partial charge in [0, 0.05) is 16.9 Å². The average Bonchev–Trinajstić information content (AvgIpc) is 2.75. The van der Waals surface area contributed by atoms with Crippen LogP contribution in [-0.4, -0.2) is 18.4 Å². The third-order valence-electron chi connectivity index (χ3n) is 5.19. The van der Waals surface area contributed by atoms with E-state index in [1.165, 1.54) is 5.56 Å². The Balaban J connectivity index is 1.53. The molecule has 0 spiro atoms. The van der Waals surface area contributed by atoms with Gasteiger partial charge in [0.1, 0.15) is 0 Å². The number of carbonyl (C=O) groups excluding carboxylic acids is 2. The van der Waals surface area contributed by atoms with Gasteiger partial charge in [-0.05, 0) is 68.7 Å². The van der Waals surface area contributed by atoms with Crippen molar-refractivity contribution < 1.29 is 9.59 Å². The highest BCUT2D eigenvalue weighted by Gasteiger charge is 2.12. The number of nitrogens with one attached hydrogen (secondary N) is 3. The first-order valence-corrected chi connectivity index (χ1v) is 10.4. The minimum Gasteiger partial charge on any atom is -0.376 e. The summed E-state index contributed by atoms with van der Waals surface area (Å²) in [7, 11) is 0. The number of rotatable bonds is 7. The fraction of sp³-hybridized carbons (Fsp3) is 0.231. The van der Waals surface area contributed by atoms with E-state index in [1.54, 1.807) is 24.3 Å². The van der Waals surface area contributed by atoms with Crippen LogP contribution in [0.4, 0.5) is 11.4 Å². The van der Waals surface area contributed by atoms with Crippen LogP contribution >= 0.6 is 0 Å². The largest absolute Gasteiger partial charge is 0.376 e. The van der Waals surface area contributed by atoms with Crippen molar-refractivity contribution in [2.75, 3.05) is 17.2 Å². The van der Waals surface area contributed by atoms with E-state index in [1.807, 2.05) is 58.0 Å². The van der Waals surface area contributed by atoms with Gasteiger partial charge in [-0.2, -0.15) is 0 Å². The van der Waals surface area contributed by atoms with Crippen LogP contribution in [0.1, 0.15) is 45.6 Å². The van der Waals surface area contributed by atoms with E-state index >= 15 is 0 Å². The summed E-state index contributed by atoms with van der Waals surface area (Å²) in [4.78, 5) is 24.9. The first-order chi connectivity index (χ1) is 14.8. The molecular formula is C26H29N3O2. The lowest BCUT2D eigenvalue weighted by molar-refractivity contribution is -0.114. The molecule has 0 aromatic heterocycles. The molecule has 0 saturated carbocycles. The summed E-state index contributed by atoms with van der Waals surface area (Å²) in [6, 6.07) is 21.0. The third-order valence-corrected chi connectivity index (χ3v) is 5.19. The second kappa shape index (κ2) is 9.94. The second-order valence-electron chi connectivity index (χ2n) is 7.86. The molecule has 1 unspecified atom stereocenters. The molecule has 0 aliphatic heterocycles. The predicted molar refractivity (Wildman–Crippen MR) is 127 cm³/mol. The zero-order valence-corrected chi connectivity index (χ0v) is 18.5. The SMILES string of the molecule is Cc1cc(C)c(NC(=O)CNc2ccc(C(=O)NC(C)c3ccccc3)cc2)c(C)c1. The topological polar surface area (TPSA) is 70.2 Å². The van der Waals surface area contributed by atoms with Gasteiger partial charge >= 0.3 is 0 Å². The van der Waals surface area contributed by atoms with Gasteiger partial charge in [0.05, 0.1) is 12.6 Å². The molecule has 5 heteroatoms. The van der Waals surface area contributed by atoms with Crippen LogP contribution < -0.4 is 16.0 Å². The smallest absolute Gasteiger partial charge is 0.251 e. The van der Waals surface area contributed by atoms with Gasteiger partial charge in [-0.1, -0.05) is 48.0 Å². The molecule has 31 heavy (non-hydrogen) atoms. The molecule has 3 aromatic rings. The molecule has 3 aromatic carbocycles. The van der Waals surface area contributed by atoms with Crippen molar-refractivity contribution in [3.8, 4) is 0 Å². The number of amides is 2. The Kier molecular flexibility index (Phi) is 7.08. The predicted octanol–water partition coefficient (Wildman–Crippen LogP) is 5.15. The maximum atomic E-state index is 12.5. The van der Waals surface area contributed by atoms with Crippen LogP contribution in [0, 0.1) is 20.8 Å². The fourth-order valence-corrected chi connectivity index (χ4v) is 3.59. The van der Waals surface area contributed by atoms with Crippen molar-refractivity contribution in [1.82, 2.24) is 5.32 Å². The molecule has 1 atom stereocenters. The Labute approximate surface area is 183 Å². The van der Waals surface area contributed by atoms with Gasteiger partial charge in [-0.25, -0.2) is 0 Å². The summed E-state index contributed by atoms with van der Waals surface area (Å²) in [6.45, 7) is 8.12. The van der Waals surface area contributed by atoms with Crippen LogP contribution in [0.25, 0.3) is 0 Å². The molecule has 0 radical (unpaired) electrons. The zero-order chi connectivity index (χ0) is 22.4. The van der Waals surface area contributed by atoms with E-state index in [0.29, 0.717) is 5.56 Å². The zero-order valence-electron chi connectivity index (χ0n) is 18.5. The molecule has 0 bridgehead atoms. The summed E-state index contributed by atoms with van der Waals surface area (Å²) < 4.78 is 0. The molecule has 0 heterocycles. The fourth-order valence-electron chi connectivity index (χ4n) is 3.59. The Hall–Kier alpha value is -3.60. The first-order valence-electron chi connectivity index (χ1n) is 10.4. The van der Waals surface area contributed by atoms with Gasteiger partial charge in [0.15, 0.2) is 0 Å². The number of hydrogen-bond donors (Lipinski definition) is 3.